The summed E-state index contributed by atoms with van der Waals surface area (Å²) in [5.74, 6) is 0.149. The van der Waals surface area contributed by atoms with Gasteiger partial charge in [-0.1, -0.05) is 13.8 Å². The highest BCUT2D eigenvalue weighted by Gasteiger charge is 2.30. The number of hydrogen-bond donors (Lipinski definition) is 2. The first kappa shape index (κ1) is 14.7. The second kappa shape index (κ2) is 6.54. The zero-order valence-electron chi connectivity index (χ0n) is 11.2. The summed E-state index contributed by atoms with van der Waals surface area (Å²) in [6.45, 7) is 4.71. The Morgan fingerprint density at radius 3 is 2.83 bits per heavy atom. The van der Waals surface area contributed by atoms with Crippen molar-refractivity contribution in [2.45, 2.75) is 58.0 Å². The number of nitrogens with zero attached hydrogens (tertiary/aromatic N) is 2. The lowest BCUT2D eigenvalue weighted by molar-refractivity contribution is -0.143. The highest BCUT2D eigenvalue weighted by molar-refractivity contribution is 5.78. The van der Waals surface area contributed by atoms with Gasteiger partial charge in [0.15, 0.2) is 0 Å². The van der Waals surface area contributed by atoms with Crippen LogP contribution < -0.4 is 5.73 Å². The van der Waals surface area contributed by atoms with E-state index in [1.807, 2.05) is 13.1 Å². The van der Waals surface area contributed by atoms with E-state index in [2.05, 4.69) is 16.5 Å². The molecule has 18 heavy (non-hydrogen) atoms. The van der Waals surface area contributed by atoms with Crippen LogP contribution in [-0.4, -0.2) is 26.2 Å². The maximum atomic E-state index is 11.1. The fraction of sp³-hybridized carbons (Fsp3) is 0.692. The molecule has 5 heteroatoms. The summed E-state index contributed by atoms with van der Waals surface area (Å²) in [6, 6.07) is 0. The number of aryl methyl sites for hydroxylation is 2. The topological polar surface area (TPSA) is 81.1 Å². The standard InChI is InChI=1S/C13H23N3O2/c1-3-6-11-15-8-10-16(11)9-5-7-13(14,4-2)12(17)18/h8,10H,3-7,9,14H2,1-2H3,(H,17,18). The Kier molecular flexibility index (Phi) is 5.34. The molecule has 1 rings (SSSR count). The predicted octanol–water partition coefficient (Wildman–Crippen LogP) is 1.81. The van der Waals surface area contributed by atoms with E-state index in [0.717, 1.165) is 31.6 Å². The van der Waals surface area contributed by atoms with Gasteiger partial charge in [-0.05, 0) is 25.7 Å². The first-order valence-corrected chi connectivity index (χ1v) is 6.55. The maximum absolute atomic E-state index is 11.1. The van der Waals surface area contributed by atoms with E-state index in [0.29, 0.717) is 12.8 Å². The summed E-state index contributed by atoms with van der Waals surface area (Å²) in [6.07, 6.45) is 7.43. The van der Waals surface area contributed by atoms with Crippen LogP contribution in [0.1, 0.15) is 45.4 Å². The molecule has 0 saturated heterocycles. The van der Waals surface area contributed by atoms with E-state index in [1.165, 1.54) is 0 Å². The Morgan fingerprint density at radius 2 is 2.28 bits per heavy atom. The van der Waals surface area contributed by atoms with Gasteiger partial charge in [-0.25, -0.2) is 4.98 Å². The average Bonchev–Trinajstić information content (AvgIpc) is 2.77. The molecule has 0 fully saturated rings. The quantitative estimate of drug-likeness (QED) is 0.740. The van der Waals surface area contributed by atoms with E-state index < -0.39 is 11.5 Å². The zero-order chi connectivity index (χ0) is 13.6. The molecule has 102 valence electrons. The Morgan fingerprint density at radius 1 is 1.56 bits per heavy atom. The van der Waals surface area contributed by atoms with Gasteiger partial charge in [0.05, 0.1) is 0 Å². The number of rotatable bonds is 8. The first-order valence-electron chi connectivity index (χ1n) is 6.55. The second-order valence-electron chi connectivity index (χ2n) is 4.71. The van der Waals surface area contributed by atoms with Crippen LogP contribution >= 0.6 is 0 Å². The van der Waals surface area contributed by atoms with Crippen molar-refractivity contribution < 1.29 is 9.90 Å². The third kappa shape index (κ3) is 3.57. The average molecular weight is 253 g/mol. The summed E-state index contributed by atoms with van der Waals surface area (Å²) in [4.78, 5) is 15.4. The van der Waals surface area contributed by atoms with Crippen LogP contribution in [0.4, 0.5) is 0 Å². The molecular weight excluding hydrogens is 230 g/mol. The molecule has 1 atom stereocenters. The van der Waals surface area contributed by atoms with Gasteiger partial charge in [0, 0.05) is 25.4 Å². The molecule has 1 unspecified atom stereocenters. The van der Waals surface area contributed by atoms with E-state index in [9.17, 15) is 4.79 Å². The minimum Gasteiger partial charge on any atom is -0.480 e. The lowest BCUT2D eigenvalue weighted by Crippen LogP contribution is -2.47. The number of carboxylic acid groups (broad SMARTS) is 1. The SMILES string of the molecule is CCCc1nccn1CCCC(N)(CC)C(=O)O. The molecule has 0 aliphatic heterocycles. The molecule has 0 radical (unpaired) electrons. The molecule has 1 aromatic rings. The first-order chi connectivity index (χ1) is 8.53. The summed E-state index contributed by atoms with van der Waals surface area (Å²) in [5.41, 5.74) is 4.76. The van der Waals surface area contributed by atoms with Crippen molar-refractivity contribution in [3.63, 3.8) is 0 Å². The fourth-order valence-corrected chi connectivity index (χ4v) is 2.00. The Hall–Kier alpha value is -1.36. The summed E-state index contributed by atoms with van der Waals surface area (Å²) in [7, 11) is 0. The molecule has 1 heterocycles. The normalized spacial score (nSPS) is 14.4. The lowest BCUT2D eigenvalue weighted by atomic mass is 9.92. The fourth-order valence-electron chi connectivity index (χ4n) is 2.00. The largest absolute Gasteiger partial charge is 0.480 e. The van der Waals surface area contributed by atoms with Crippen LogP contribution in [0.25, 0.3) is 0 Å². The summed E-state index contributed by atoms with van der Waals surface area (Å²) < 4.78 is 2.08. The molecule has 5 nitrogen and oxygen atoms in total. The maximum Gasteiger partial charge on any atom is 0.323 e. The molecular formula is C13H23N3O2. The van der Waals surface area contributed by atoms with Gasteiger partial charge in [0.1, 0.15) is 11.4 Å². The van der Waals surface area contributed by atoms with Crippen LogP contribution in [-0.2, 0) is 17.8 Å². The highest BCUT2D eigenvalue weighted by Crippen LogP contribution is 2.15. The monoisotopic (exact) mass is 253 g/mol. The van der Waals surface area contributed by atoms with Crippen molar-refractivity contribution >= 4 is 5.97 Å². The van der Waals surface area contributed by atoms with Gasteiger partial charge < -0.3 is 15.4 Å². The number of imidazole rings is 1. The lowest BCUT2D eigenvalue weighted by Gasteiger charge is -2.22. The van der Waals surface area contributed by atoms with Gasteiger partial charge in [-0.15, -0.1) is 0 Å². The zero-order valence-corrected chi connectivity index (χ0v) is 11.2. The predicted molar refractivity (Wildman–Crippen MR) is 70.3 cm³/mol. The van der Waals surface area contributed by atoms with Gasteiger partial charge >= 0.3 is 5.97 Å². The summed E-state index contributed by atoms with van der Waals surface area (Å²) >= 11 is 0. The second-order valence-corrected chi connectivity index (χ2v) is 4.71. The van der Waals surface area contributed by atoms with Crippen LogP contribution in [0, 0.1) is 0 Å². The molecule has 3 N–H and O–H groups in total. The van der Waals surface area contributed by atoms with Crippen molar-refractivity contribution in [1.29, 1.82) is 0 Å². The minimum absolute atomic E-state index is 0.452. The van der Waals surface area contributed by atoms with Crippen molar-refractivity contribution in [2.75, 3.05) is 0 Å². The molecule has 0 aliphatic carbocycles. The molecule has 0 saturated carbocycles. The molecule has 0 aromatic carbocycles. The molecule has 0 aliphatic rings. The Bertz CT molecular complexity index is 389. The smallest absolute Gasteiger partial charge is 0.323 e. The van der Waals surface area contributed by atoms with E-state index in [4.69, 9.17) is 10.8 Å². The third-order valence-electron chi connectivity index (χ3n) is 3.35. The van der Waals surface area contributed by atoms with Crippen molar-refractivity contribution in [2.24, 2.45) is 5.73 Å². The number of nitrogens with two attached hydrogens (primary N) is 1. The van der Waals surface area contributed by atoms with Crippen LogP contribution in [0.15, 0.2) is 12.4 Å². The number of aliphatic carboxylic acids is 1. The van der Waals surface area contributed by atoms with Gasteiger partial charge in [0.2, 0.25) is 0 Å². The van der Waals surface area contributed by atoms with Crippen LogP contribution in [0.5, 0.6) is 0 Å². The van der Waals surface area contributed by atoms with Crippen molar-refractivity contribution in [1.82, 2.24) is 9.55 Å². The molecule has 0 amide bonds. The van der Waals surface area contributed by atoms with Crippen LogP contribution in [0.2, 0.25) is 0 Å². The number of hydrogen-bond acceptors (Lipinski definition) is 3. The van der Waals surface area contributed by atoms with E-state index >= 15 is 0 Å². The number of aromatic nitrogens is 2. The summed E-state index contributed by atoms with van der Waals surface area (Å²) in [5, 5.41) is 9.08. The third-order valence-corrected chi connectivity index (χ3v) is 3.35. The van der Waals surface area contributed by atoms with Gasteiger partial charge in [0.25, 0.3) is 0 Å². The number of carbonyl (C=O) groups is 1. The Labute approximate surface area is 108 Å². The van der Waals surface area contributed by atoms with E-state index in [-0.39, 0.29) is 0 Å². The highest BCUT2D eigenvalue weighted by atomic mass is 16.4. The molecule has 0 bridgehead atoms. The van der Waals surface area contributed by atoms with Crippen molar-refractivity contribution in [3.8, 4) is 0 Å². The minimum atomic E-state index is -1.09. The molecule has 1 aromatic heterocycles. The van der Waals surface area contributed by atoms with Crippen LogP contribution in [0.3, 0.4) is 0 Å². The van der Waals surface area contributed by atoms with E-state index in [1.54, 1.807) is 6.20 Å². The van der Waals surface area contributed by atoms with Gasteiger partial charge in [-0.3, -0.25) is 4.79 Å². The van der Waals surface area contributed by atoms with Crippen molar-refractivity contribution in [3.05, 3.63) is 18.2 Å². The number of carboxylic acids is 1. The Balaban J connectivity index is 2.50. The molecule has 0 spiro atoms. The van der Waals surface area contributed by atoms with Gasteiger partial charge in [-0.2, -0.15) is 0 Å².